The minimum atomic E-state index is 1.20. The Morgan fingerprint density at radius 2 is 0.532 bits per heavy atom. The molecule has 0 bridgehead atoms. The van der Waals surface area contributed by atoms with Crippen molar-refractivity contribution in [2.45, 2.75) is 0 Å². The zero-order valence-corrected chi connectivity index (χ0v) is 34.1. The second-order valence-corrected chi connectivity index (χ2v) is 16.4. The van der Waals surface area contributed by atoms with Crippen LogP contribution in [0.4, 0.5) is 0 Å². The maximum absolute atomic E-state index is 2.49. The Hall–Kier alpha value is -8.06. The van der Waals surface area contributed by atoms with Crippen LogP contribution in [0, 0.1) is 0 Å². The molecule has 0 radical (unpaired) electrons. The fraction of sp³-hybridized carbons (Fsp3) is 0. The minimum Gasteiger partial charge on any atom is -0.0622 e. The van der Waals surface area contributed by atoms with Gasteiger partial charge in [0.15, 0.2) is 0 Å². The highest BCUT2D eigenvalue weighted by atomic mass is 14.2. The number of hydrogen-bond donors (Lipinski definition) is 0. The summed E-state index contributed by atoms with van der Waals surface area (Å²) >= 11 is 0. The second kappa shape index (κ2) is 14.9. The van der Waals surface area contributed by atoms with Crippen LogP contribution in [-0.2, 0) is 0 Å². The van der Waals surface area contributed by atoms with Crippen LogP contribution in [0.15, 0.2) is 243 Å². The van der Waals surface area contributed by atoms with Crippen molar-refractivity contribution in [3.05, 3.63) is 243 Å². The summed E-state index contributed by atoms with van der Waals surface area (Å²) in [6.45, 7) is 0. The molecule has 0 N–H and O–H groups in total. The molecule has 0 aliphatic heterocycles. The van der Waals surface area contributed by atoms with Crippen molar-refractivity contribution in [1.29, 1.82) is 0 Å². The molecule has 0 atom stereocenters. The van der Waals surface area contributed by atoms with E-state index in [-0.39, 0.29) is 0 Å². The van der Waals surface area contributed by atoms with Gasteiger partial charge in [-0.15, -0.1) is 0 Å². The van der Waals surface area contributed by atoms with Gasteiger partial charge in [0.25, 0.3) is 0 Å². The lowest BCUT2D eigenvalue weighted by Crippen LogP contribution is -1.94. The predicted molar refractivity (Wildman–Crippen MR) is 267 cm³/mol. The Bertz CT molecular complexity index is 3640. The molecule has 0 nitrogen and oxygen atoms in total. The van der Waals surface area contributed by atoms with E-state index in [1.165, 1.54) is 121 Å². The number of fused-ring (bicyclic) bond motifs is 6. The molecule has 0 saturated carbocycles. The Morgan fingerprint density at radius 1 is 0.161 bits per heavy atom. The Balaban J connectivity index is 1.26. The van der Waals surface area contributed by atoms with Crippen LogP contribution in [-0.4, -0.2) is 0 Å². The highest BCUT2D eigenvalue weighted by Gasteiger charge is 2.21. The molecule has 288 valence electrons. The number of benzene rings is 12. The van der Waals surface area contributed by atoms with E-state index >= 15 is 0 Å². The molecule has 0 aromatic heterocycles. The Labute approximate surface area is 361 Å². The van der Waals surface area contributed by atoms with Crippen LogP contribution in [0.5, 0.6) is 0 Å². The molecule has 12 aromatic carbocycles. The quantitative estimate of drug-likeness (QED) is 0.116. The zero-order chi connectivity index (χ0) is 41.0. The van der Waals surface area contributed by atoms with Gasteiger partial charge in [0.05, 0.1) is 0 Å². The minimum absolute atomic E-state index is 1.20. The van der Waals surface area contributed by atoms with Gasteiger partial charge in [-0.05, 0) is 169 Å². The van der Waals surface area contributed by atoms with Crippen molar-refractivity contribution >= 4 is 53.9 Å². The fourth-order valence-corrected chi connectivity index (χ4v) is 9.83. The molecule has 0 heterocycles. The molecule has 0 unspecified atom stereocenters. The largest absolute Gasteiger partial charge is 0.0622 e. The SMILES string of the molecule is c1ccc(-c2cccc(-c3c4cc5cc(-c6ccccc6)c(-c6ccccc6)cc5cc4c(-c4cccc(-c5ccccc5)c4)c4cc5c(ccc6ccccc65)cc34)c2)cc1. The maximum atomic E-state index is 2.49. The molecule has 0 amide bonds. The molecule has 0 aliphatic rings. The van der Waals surface area contributed by atoms with Gasteiger partial charge < -0.3 is 0 Å². The van der Waals surface area contributed by atoms with Gasteiger partial charge in [-0.3, -0.25) is 0 Å². The molecule has 62 heavy (non-hydrogen) atoms. The summed E-state index contributed by atoms with van der Waals surface area (Å²) in [6.07, 6.45) is 0. The summed E-state index contributed by atoms with van der Waals surface area (Å²) < 4.78 is 0. The van der Waals surface area contributed by atoms with Crippen molar-refractivity contribution in [3.63, 3.8) is 0 Å². The average molecular weight is 785 g/mol. The lowest BCUT2D eigenvalue weighted by molar-refractivity contribution is 1.60. The maximum Gasteiger partial charge on any atom is -0.00257 e. The summed E-state index contributed by atoms with van der Waals surface area (Å²) in [5.41, 5.74) is 14.6. The van der Waals surface area contributed by atoms with Crippen LogP contribution in [0.1, 0.15) is 0 Å². The Morgan fingerprint density at radius 3 is 1.03 bits per heavy atom. The summed E-state index contributed by atoms with van der Waals surface area (Å²) in [7, 11) is 0. The second-order valence-electron chi connectivity index (χ2n) is 16.4. The molecule has 12 aromatic rings. The first-order valence-electron chi connectivity index (χ1n) is 21.5. The van der Waals surface area contributed by atoms with Crippen molar-refractivity contribution in [3.8, 4) is 66.8 Å². The van der Waals surface area contributed by atoms with Crippen LogP contribution in [0.2, 0.25) is 0 Å². The summed E-state index contributed by atoms with van der Waals surface area (Å²) in [6, 6.07) is 89.7. The van der Waals surface area contributed by atoms with E-state index < -0.39 is 0 Å². The van der Waals surface area contributed by atoms with Crippen molar-refractivity contribution in [1.82, 2.24) is 0 Å². The van der Waals surface area contributed by atoms with Crippen LogP contribution < -0.4 is 0 Å². The lowest BCUT2D eigenvalue weighted by atomic mass is 9.82. The normalized spacial score (nSPS) is 11.5. The van der Waals surface area contributed by atoms with Crippen LogP contribution in [0.25, 0.3) is 121 Å². The molecule has 0 heteroatoms. The third-order valence-electron chi connectivity index (χ3n) is 12.8. The molecule has 0 saturated heterocycles. The summed E-state index contributed by atoms with van der Waals surface area (Å²) in [4.78, 5) is 0. The topological polar surface area (TPSA) is 0 Å². The van der Waals surface area contributed by atoms with Gasteiger partial charge in [0, 0.05) is 0 Å². The third-order valence-corrected chi connectivity index (χ3v) is 12.8. The molecular formula is C62H40. The third kappa shape index (κ3) is 6.16. The van der Waals surface area contributed by atoms with Crippen molar-refractivity contribution in [2.24, 2.45) is 0 Å². The van der Waals surface area contributed by atoms with E-state index in [4.69, 9.17) is 0 Å². The first kappa shape index (κ1) is 35.8. The first-order valence-corrected chi connectivity index (χ1v) is 21.5. The monoisotopic (exact) mass is 784 g/mol. The Kier molecular flexibility index (Phi) is 8.61. The molecule has 12 rings (SSSR count). The summed E-state index contributed by atoms with van der Waals surface area (Å²) in [5, 5.41) is 12.4. The van der Waals surface area contributed by atoms with Crippen LogP contribution >= 0.6 is 0 Å². The first-order chi connectivity index (χ1) is 30.7. The smallest absolute Gasteiger partial charge is 0.00257 e. The highest BCUT2D eigenvalue weighted by Crippen LogP contribution is 2.49. The van der Waals surface area contributed by atoms with Gasteiger partial charge in [-0.2, -0.15) is 0 Å². The van der Waals surface area contributed by atoms with E-state index in [9.17, 15) is 0 Å². The molecule has 0 aliphatic carbocycles. The van der Waals surface area contributed by atoms with E-state index in [0.29, 0.717) is 0 Å². The zero-order valence-electron chi connectivity index (χ0n) is 34.1. The van der Waals surface area contributed by atoms with E-state index in [2.05, 4.69) is 243 Å². The fourth-order valence-electron chi connectivity index (χ4n) is 9.83. The van der Waals surface area contributed by atoms with E-state index in [1.807, 2.05) is 0 Å². The van der Waals surface area contributed by atoms with Crippen molar-refractivity contribution < 1.29 is 0 Å². The molecular weight excluding hydrogens is 745 g/mol. The molecule has 0 spiro atoms. The lowest BCUT2D eigenvalue weighted by Gasteiger charge is -2.21. The average Bonchev–Trinajstić information content (AvgIpc) is 3.35. The predicted octanol–water partition coefficient (Wildman–Crippen LogP) is 17.5. The van der Waals surface area contributed by atoms with Crippen molar-refractivity contribution in [2.75, 3.05) is 0 Å². The number of rotatable bonds is 6. The van der Waals surface area contributed by atoms with Gasteiger partial charge in [-0.1, -0.05) is 194 Å². The van der Waals surface area contributed by atoms with E-state index in [1.54, 1.807) is 0 Å². The number of hydrogen-bond acceptors (Lipinski definition) is 0. The molecule has 0 fully saturated rings. The summed E-state index contributed by atoms with van der Waals surface area (Å²) in [5.74, 6) is 0. The van der Waals surface area contributed by atoms with E-state index in [0.717, 1.165) is 0 Å². The van der Waals surface area contributed by atoms with Gasteiger partial charge in [-0.25, -0.2) is 0 Å². The van der Waals surface area contributed by atoms with Gasteiger partial charge in [0.1, 0.15) is 0 Å². The standard InChI is InChI=1S/C62H40/c1-5-17-41(18-6-1)46-26-15-28-49(33-46)61-57-35-48-32-31-45-25-13-14-30-53(45)56(48)40-60(57)62(50-29-16-27-47(34-50)42-19-7-2-8-20-42)59-39-52-37-55(44-23-11-4-12-24-44)54(36-51(52)38-58(59)61)43-21-9-3-10-22-43/h1-40H. The van der Waals surface area contributed by atoms with Crippen LogP contribution in [0.3, 0.4) is 0 Å². The van der Waals surface area contributed by atoms with Gasteiger partial charge >= 0.3 is 0 Å². The highest BCUT2D eigenvalue weighted by molar-refractivity contribution is 6.27. The van der Waals surface area contributed by atoms with Gasteiger partial charge in [0.2, 0.25) is 0 Å².